The van der Waals surface area contributed by atoms with Crippen LogP contribution in [0.3, 0.4) is 0 Å². The molecule has 102 valence electrons. The summed E-state index contributed by atoms with van der Waals surface area (Å²) in [5.41, 5.74) is 0.407. The molecule has 0 bridgehead atoms. The Morgan fingerprint density at radius 1 is 1.12 bits per heavy atom. The molecule has 0 aromatic heterocycles. The Morgan fingerprint density at radius 3 is 2.06 bits per heavy atom. The molecule has 2 nitrogen and oxygen atoms in total. The Labute approximate surface area is 108 Å². The molecule has 0 aromatic carbocycles. The lowest BCUT2D eigenvalue weighted by atomic mass is 9.92. The Balaban J connectivity index is 2.56. The van der Waals surface area contributed by atoms with Gasteiger partial charge in [-0.25, -0.2) is 0 Å². The third-order valence-electron chi connectivity index (χ3n) is 3.78. The van der Waals surface area contributed by atoms with Gasteiger partial charge in [-0.05, 0) is 37.6 Å². The third-order valence-corrected chi connectivity index (χ3v) is 3.78. The monoisotopic (exact) mass is 240 g/mol. The summed E-state index contributed by atoms with van der Waals surface area (Å²) in [5.74, 6) is 1.54. The van der Waals surface area contributed by atoms with Gasteiger partial charge in [-0.2, -0.15) is 0 Å². The molecule has 1 atom stereocenters. The van der Waals surface area contributed by atoms with Gasteiger partial charge in [0.1, 0.15) is 0 Å². The van der Waals surface area contributed by atoms with Crippen LogP contribution in [0.5, 0.6) is 0 Å². The standard InChI is InChI=1S/C15H32N2/c1-6-15(8-7-9-16-15)12-17(10-13(2)3)11-14(4)5/h13-14,16H,6-12H2,1-5H3. The van der Waals surface area contributed by atoms with Crippen LogP contribution in [0.4, 0.5) is 0 Å². The Kier molecular flexibility index (Phi) is 5.94. The molecule has 0 aromatic rings. The van der Waals surface area contributed by atoms with Gasteiger partial charge >= 0.3 is 0 Å². The van der Waals surface area contributed by atoms with Crippen molar-refractivity contribution in [1.82, 2.24) is 10.2 Å². The van der Waals surface area contributed by atoms with Crippen LogP contribution in [0.25, 0.3) is 0 Å². The van der Waals surface area contributed by atoms with Gasteiger partial charge in [0.2, 0.25) is 0 Å². The van der Waals surface area contributed by atoms with Gasteiger partial charge < -0.3 is 10.2 Å². The van der Waals surface area contributed by atoms with E-state index in [0.717, 1.165) is 11.8 Å². The highest BCUT2D eigenvalue weighted by Gasteiger charge is 2.33. The van der Waals surface area contributed by atoms with Gasteiger partial charge in [0.15, 0.2) is 0 Å². The second-order valence-corrected chi connectivity index (χ2v) is 6.65. The highest BCUT2D eigenvalue weighted by Crippen LogP contribution is 2.24. The Morgan fingerprint density at radius 2 is 1.71 bits per heavy atom. The van der Waals surface area contributed by atoms with E-state index >= 15 is 0 Å². The fourth-order valence-corrected chi connectivity index (χ4v) is 3.08. The van der Waals surface area contributed by atoms with Gasteiger partial charge in [0.05, 0.1) is 0 Å². The highest BCUT2D eigenvalue weighted by atomic mass is 15.2. The van der Waals surface area contributed by atoms with Gasteiger partial charge in [-0.3, -0.25) is 0 Å². The van der Waals surface area contributed by atoms with Crippen LogP contribution in [0.15, 0.2) is 0 Å². The molecule has 0 spiro atoms. The van der Waals surface area contributed by atoms with Crippen LogP contribution in [0.1, 0.15) is 53.9 Å². The van der Waals surface area contributed by atoms with Crippen molar-refractivity contribution in [2.24, 2.45) is 11.8 Å². The van der Waals surface area contributed by atoms with E-state index < -0.39 is 0 Å². The van der Waals surface area contributed by atoms with Crippen LogP contribution < -0.4 is 5.32 Å². The molecule has 1 fully saturated rings. The molecule has 0 amide bonds. The molecular formula is C15H32N2. The lowest BCUT2D eigenvalue weighted by molar-refractivity contribution is 0.157. The first kappa shape index (κ1) is 15.0. The van der Waals surface area contributed by atoms with Crippen LogP contribution in [0, 0.1) is 11.8 Å². The number of hydrogen-bond acceptors (Lipinski definition) is 2. The zero-order valence-corrected chi connectivity index (χ0v) is 12.6. The first-order chi connectivity index (χ1) is 7.97. The van der Waals surface area contributed by atoms with Gasteiger partial charge in [0.25, 0.3) is 0 Å². The lowest BCUT2D eigenvalue weighted by Crippen LogP contribution is -2.51. The maximum atomic E-state index is 3.76. The maximum Gasteiger partial charge on any atom is 0.0306 e. The van der Waals surface area contributed by atoms with E-state index in [2.05, 4.69) is 44.8 Å². The SMILES string of the molecule is CCC1(CN(CC(C)C)CC(C)C)CCCN1. The quantitative estimate of drug-likeness (QED) is 0.735. The first-order valence-electron chi connectivity index (χ1n) is 7.45. The number of rotatable bonds is 7. The minimum absolute atomic E-state index is 0.407. The molecule has 1 aliphatic heterocycles. The predicted octanol–water partition coefficient (Wildman–Crippen LogP) is 3.13. The Hall–Kier alpha value is -0.0800. The minimum atomic E-state index is 0.407. The van der Waals surface area contributed by atoms with Gasteiger partial charge in [-0.15, -0.1) is 0 Å². The summed E-state index contributed by atoms with van der Waals surface area (Å²) in [5, 5.41) is 3.76. The smallest absolute Gasteiger partial charge is 0.0306 e. The second kappa shape index (κ2) is 6.75. The van der Waals surface area contributed by atoms with Crippen molar-refractivity contribution in [2.75, 3.05) is 26.2 Å². The zero-order chi connectivity index (χ0) is 12.9. The van der Waals surface area contributed by atoms with Crippen molar-refractivity contribution >= 4 is 0 Å². The zero-order valence-electron chi connectivity index (χ0n) is 12.6. The van der Waals surface area contributed by atoms with E-state index in [9.17, 15) is 0 Å². The van der Waals surface area contributed by atoms with Crippen LogP contribution >= 0.6 is 0 Å². The molecule has 0 aliphatic carbocycles. The summed E-state index contributed by atoms with van der Waals surface area (Å²) in [6.07, 6.45) is 3.97. The van der Waals surface area contributed by atoms with Crippen molar-refractivity contribution in [3.8, 4) is 0 Å². The molecule has 1 rings (SSSR count). The number of nitrogens with one attached hydrogen (secondary N) is 1. The van der Waals surface area contributed by atoms with Gasteiger partial charge in [0, 0.05) is 25.2 Å². The highest BCUT2D eigenvalue weighted by molar-refractivity contribution is 4.94. The predicted molar refractivity (Wildman–Crippen MR) is 76.4 cm³/mol. The molecule has 1 aliphatic rings. The fourth-order valence-electron chi connectivity index (χ4n) is 3.08. The average Bonchev–Trinajstić information content (AvgIpc) is 2.65. The summed E-state index contributed by atoms with van der Waals surface area (Å²) in [6, 6.07) is 0. The van der Waals surface area contributed by atoms with Crippen molar-refractivity contribution in [1.29, 1.82) is 0 Å². The molecule has 1 N–H and O–H groups in total. The van der Waals surface area contributed by atoms with E-state index in [1.165, 1.54) is 45.4 Å². The van der Waals surface area contributed by atoms with E-state index in [0.29, 0.717) is 5.54 Å². The van der Waals surface area contributed by atoms with Crippen LogP contribution in [0.2, 0.25) is 0 Å². The summed E-state index contributed by atoms with van der Waals surface area (Å²) in [4.78, 5) is 2.68. The topological polar surface area (TPSA) is 15.3 Å². The third kappa shape index (κ3) is 4.97. The van der Waals surface area contributed by atoms with Crippen molar-refractivity contribution < 1.29 is 0 Å². The summed E-state index contributed by atoms with van der Waals surface area (Å²) < 4.78 is 0. The van der Waals surface area contributed by atoms with Crippen LogP contribution in [-0.4, -0.2) is 36.6 Å². The lowest BCUT2D eigenvalue weighted by Gasteiger charge is -2.36. The molecule has 0 radical (unpaired) electrons. The molecular weight excluding hydrogens is 208 g/mol. The van der Waals surface area contributed by atoms with Crippen molar-refractivity contribution in [3.63, 3.8) is 0 Å². The van der Waals surface area contributed by atoms with Crippen LogP contribution in [-0.2, 0) is 0 Å². The van der Waals surface area contributed by atoms with Gasteiger partial charge in [-0.1, -0.05) is 34.6 Å². The second-order valence-electron chi connectivity index (χ2n) is 6.65. The average molecular weight is 240 g/mol. The molecule has 2 heteroatoms. The van der Waals surface area contributed by atoms with E-state index in [1.54, 1.807) is 0 Å². The summed E-state index contributed by atoms with van der Waals surface area (Å²) in [7, 11) is 0. The minimum Gasteiger partial charge on any atom is -0.310 e. The van der Waals surface area contributed by atoms with E-state index in [4.69, 9.17) is 0 Å². The van der Waals surface area contributed by atoms with E-state index in [-0.39, 0.29) is 0 Å². The number of nitrogens with zero attached hydrogens (tertiary/aromatic N) is 1. The van der Waals surface area contributed by atoms with E-state index in [1.807, 2.05) is 0 Å². The largest absolute Gasteiger partial charge is 0.310 e. The van der Waals surface area contributed by atoms with Crippen molar-refractivity contribution in [2.45, 2.75) is 59.4 Å². The molecule has 0 saturated carbocycles. The maximum absolute atomic E-state index is 3.76. The Bertz CT molecular complexity index is 195. The fraction of sp³-hybridized carbons (Fsp3) is 1.00. The normalized spacial score (nSPS) is 25.4. The summed E-state index contributed by atoms with van der Waals surface area (Å²) >= 11 is 0. The number of hydrogen-bond donors (Lipinski definition) is 1. The summed E-state index contributed by atoms with van der Waals surface area (Å²) in [6.45, 7) is 16.6. The molecule has 1 unspecified atom stereocenters. The van der Waals surface area contributed by atoms with Crippen molar-refractivity contribution in [3.05, 3.63) is 0 Å². The molecule has 1 saturated heterocycles. The molecule has 17 heavy (non-hydrogen) atoms. The first-order valence-corrected chi connectivity index (χ1v) is 7.45. The molecule has 1 heterocycles.